The van der Waals surface area contributed by atoms with Crippen LogP contribution in [0.15, 0.2) is 71.3 Å². The maximum atomic E-state index is 13.1. The van der Waals surface area contributed by atoms with Crippen LogP contribution < -0.4 is 21.7 Å². The van der Waals surface area contributed by atoms with E-state index in [4.69, 9.17) is 21.5 Å². The van der Waals surface area contributed by atoms with Crippen molar-refractivity contribution in [1.82, 2.24) is 24.6 Å². The van der Waals surface area contributed by atoms with Gasteiger partial charge in [-0.2, -0.15) is 10.1 Å². The fourth-order valence-corrected chi connectivity index (χ4v) is 7.31. The van der Waals surface area contributed by atoms with Crippen molar-refractivity contribution in [3.8, 4) is 11.1 Å². The van der Waals surface area contributed by atoms with E-state index in [9.17, 15) is 14.7 Å². The average molecular weight is 679 g/mol. The number of aliphatic hydroxyl groups excluding tert-OH is 1. The predicted octanol–water partition coefficient (Wildman–Crippen LogP) is 4.48. The lowest BCUT2D eigenvalue weighted by Crippen LogP contribution is -2.58. The first kappa shape index (κ1) is 33.3. The number of hydrogen-bond donors (Lipinski definition) is 4. The van der Waals surface area contributed by atoms with E-state index in [1.165, 1.54) is 11.8 Å². The summed E-state index contributed by atoms with van der Waals surface area (Å²) in [6.45, 7) is 9.46. The maximum absolute atomic E-state index is 13.1. The number of amides is 2. The van der Waals surface area contributed by atoms with E-state index in [2.05, 4.69) is 58.7 Å². The molecule has 2 saturated heterocycles. The molecule has 1 atom stereocenters. The lowest BCUT2D eigenvalue weighted by atomic mass is 9.88. The van der Waals surface area contributed by atoms with Crippen LogP contribution in [0.1, 0.15) is 80.4 Å². The number of aromatic nitrogens is 3. The molecule has 262 valence electrons. The Labute approximate surface area is 292 Å². The van der Waals surface area contributed by atoms with E-state index < -0.39 is 0 Å². The second-order valence-corrected chi connectivity index (χ2v) is 14.4. The second-order valence-electron chi connectivity index (χ2n) is 14.4. The number of amidine groups is 1. The van der Waals surface area contributed by atoms with Gasteiger partial charge in [0.25, 0.3) is 11.8 Å². The second kappa shape index (κ2) is 12.9. The molecule has 4 aliphatic rings. The molecule has 1 saturated carbocycles. The van der Waals surface area contributed by atoms with Crippen molar-refractivity contribution in [1.29, 1.82) is 0 Å². The summed E-state index contributed by atoms with van der Waals surface area (Å²) in [5, 5.41) is 18.1. The molecule has 13 nitrogen and oxygen atoms in total. The van der Waals surface area contributed by atoms with Gasteiger partial charge in [-0.15, -0.1) is 0 Å². The Morgan fingerprint density at radius 3 is 2.54 bits per heavy atom. The number of rotatable bonds is 10. The number of benzene rings is 1. The quantitative estimate of drug-likeness (QED) is 0.104. The van der Waals surface area contributed by atoms with E-state index in [1.54, 1.807) is 0 Å². The molecule has 50 heavy (non-hydrogen) atoms. The van der Waals surface area contributed by atoms with Crippen molar-refractivity contribution in [2.24, 2.45) is 22.4 Å². The predicted molar refractivity (Wildman–Crippen MR) is 193 cm³/mol. The van der Waals surface area contributed by atoms with E-state index in [-0.39, 0.29) is 46.9 Å². The summed E-state index contributed by atoms with van der Waals surface area (Å²) in [7, 11) is 2.07. The highest BCUT2D eigenvalue weighted by atomic mass is 16.2. The zero-order valence-electron chi connectivity index (χ0n) is 29.1. The number of anilines is 2. The number of pyridine rings is 1. The highest BCUT2D eigenvalue weighted by molar-refractivity contribution is 6.02. The minimum absolute atomic E-state index is 0.0000287. The van der Waals surface area contributed by atoms with Crippen molar-refractivity contribution in [2.45, 2.75) is 70.6 Å². The highest BCUT2D eigenvalue weighted by Crippen LogP contribution is 2.49. The van der Waals surface area contributed by atoms with Crippen LogP contribution in [-0.2, 0) is 11.3 Å². The molecule has 1 aliphatic carbocycles. The molecule has 1 unspecified atom stereocenters. The van der Waals surface area contributed by atoms with Gasteiger partial charge in [-0.3, -0.25) is 19.2 Å². The normalized spacial score (nSPS) is 20.9. The fourth-order valence-electron chi connectivity index (χ4n) is 7.31. The monoisotopic (exact) mass is 678 g/mol. The third kappa shape index (κ3) is 6.10. The van der Waals surface area contributed by atoms with Gasteiger partial charge in [0.2, 0.25) is 0 Å². The van der Waals surface area contributed by atoms with Crippen molar-refractivity contribution >= 4 is 29.0 Å². The van der Waals surface area contributed by atoms with Gasteiger partial charge in [-0.1, -0.05) is 25.1 Å². The van der Waals surface area contributed by atoms with Crippen LogP contribution in [0.25, 0.3) is 11.1 Å². The highest BCUT2D eigenvalue weighted by Gasteiger charge is 2.41. The van der Waals surface area contributed by atoms with Crippen LogP contribution in [0.4, 0.5) is 11.4 Å². The Morgan fingerprint density at radius 2 is 1.88 bits per heavy atom. The number of fused-ring (bicyclic) bond motifs is 3. The lowest BCUT2D eigenvalue weighted by Gasteiger charge is -2.48. The summed E-state index contributed by atoms with van der Waals surface area (Å²) in [6, 6.07) is 12.0. The topological polar surface area (TPSA) is 171 Å². The molecule has 0 spiro atoms. The van der Waals surface area contributed by atoms with Crippen LogP contribution in [0.2, 0.25) is 0 Å². The maximum Gasteiger partial charge on any atom is 0.272 e. The standard InChI is InChI=1S/C37H46N10O3/c1-5-31-34-26(17-40-47(34)24-19-45(20-24)18-23-8-6-11-29(41-23)36(50)46-15-14-37(46,2)3)25-9-7-10-28(33(25)44(31)4)42-30(27(38)21-48)16-32(39)43-35(49)22-12-13-22/h6-11,16-17,21-22,24,31,42,48H,5,12-15,18-20,38H2,1-4H3,(H2,39,43,49)/b27-21+,30-16+. The number of likely N-dealkylation sites (tertiary alicyclic amines) is 2. The van der Waals surface area contributed by atoms with Gasteiger partial charge >= 0.3 is 0 Å². The van der Waals surface area contributed by atoms with Crippen molar-refractivity contribution in [3.63, 3.8) is 0 Å². The first-order chi connectivity index (χ1) is 24.0. The van der Waals surface area contributed by atoms with Crippen LogP contribution >= 0.6 is 0 Å². The largest absolute Gasteiger partial charge is 0.513 e. The van der Waals surface area contributed by atoms with Gasteiger partial charge in [0.05, 0.1) is 52.4 Å². The molecule has 2 amide bonds. The number of para-hydroxylation sites is 1. The minimum Gasteiger partial charge on any atom is -0.513 e. The summed E-state index contributed by atoms with van der Waals surface area (Å²) in [6.07, 6.45) is 7.74. The molecule has 3 aromatic rings. The van der Waals surface area contributed by atoms with E-state index in [1.807, 2.05) is 41.4 Å². The smallest absolute Gasteiger partial charge is 0.272 e. The van der Waals surface area contributed by atoms with Crippen molar-refractivity contribution < 1.29 is 14.7 Å². The molecule has 0 bridgehead atoms. The molecule has 0 radical (unpaired) electrons. The Hall–Kier alpha value is -5.17. The summed E-state index contributed by atoms with van der Waals surface area (Å²) in [5.74, 6) is -0.281. The fraction of sp³-hybridized carbons (Fsp3) is 0.432. The molecule has 13 heteroatoms. The van der Waals surface area contributed by atoms with Crippen LogP contribution in [-0.4, -0.2) is 79.5 Å². The van der Waals surface area contributed by atoms with Crippen LogP contribution in [0.3, 0.4) is 0 Å². The zero-order chi connectivity index (χ0) is 35.3. The molecule has 2 aromatic heterocycles. The first-order valence-corrected chi connectivity index (χ1v) is 17.4. The summed E-state index contributed by atoms with van der Waals surface area (Å²) < 4.78 is 2.19. The number of aliphatic imine (C=N–C) groups is 1. The first-order valence-electron chi connectivity index (χ1n) is 17.4. The third-order valence-corrected chi connectivity index (χ3v) is 10.5. The van der Waals surface area contributed by atoms with Gasteiger partial charge in [-0.25, -0.2) is 4.98 Å². The molecule has 5 heterocycles. The van der Waals surface area contributed by atoms with E-state index in [0.717, 1.165) is 79.8 Å². The number of hydrogen-bond acceptors (Lipinski definition) is 9. The number of carbonyl (C=O) groups excluding carboxylic acids is 2. The Morgan fingerprint density at radius 1 is 1.12 bits per heavy atom. The molecule has 1 aromatic carbocycles. The molecular formula is C37H46N10O3. The van der Waals surface area contributed by atoms with Gasteiger partial charge in [-0.05, 0) is 57.7 Å². The van der Waals surface area contributed by atoms with E-state index in [0.29, 0.717) is 17.9 Å². The summed E-state index contributed by atoms with van der Waals surface area (Å²) in [5.41, 5.74) is 18.9. The molecule has 3 fully saturated rings. The number of nitrogens with one attached hydrogen (secondary N) is 1. The van der Waals surface area contributed by atoms with Gasteiger partial charge < -0.3 is 31.7 Å². The molecule has 3 aliphatic heterocycles. The Bertz CT molecular complexity index is 1920. The van der Waals surface area contributed by atoms with E-state index >= 15 is 0 Å². The summed E-state index contributed by atoms with van der Waals surface area (Å²) >= 11 is 0. The molecular weight excluding hydrogens is 632 g/mol. The van der Waals surface area contributed by atoms with Crippen molar-refractivity contribution in [3.05, 3.63) is 83.4 Å². The number of nitrogens with two attached hydrogens (primary N) is 2. The zero-order valence-corrected chi connectivity index (χ0v) is 29.1. The molecule has 7 rings (SSSR count). The van der Waals surface area contributed by atoms with Crippen LogP contribution in [0, 0.1) is 5.92 Å². The minimum atomic E-state index is -0.240. The summed E-state index contributed by atoms with van der Waals surface area (Å²) in [4.78, 5) is 40.6. The SMILES string of the molecule is CCC1c2c(cnn2C2CN(Cc3cccc(C(=O)N4CCC4(C)C)n3)C2)-c2cccc(NC(=C/C(N)=NC(=O)C3CC3)/C(N)=C\O)c2N1C. The van der Waals surface area contributed by atoms with Gasteiger partial charge in [0.15, 0.2) is 0 Å². The Balaban J connectivity index is 1.10. The molecule has 6 N–H and O–H groups in total. The number of nitrogens with zero attached hydrogens (tertiary/aromatic N) is 7. The van der Waals surface area contributed by atoms with Gasteiger partial charge in [0, 0.05) is 61.9 Å². The third-order valence-electron chi connectivity index (χ3n) is 10.5. The number of carbonyl (C=O) groups is 2. The average Bonchev–Trinajstić information content (AvgIpc) is 3.85. The van der Waals surface area contributed by atoms with Crippen LogP contribution in [0.5, 0.6) is 0 Å². The Kier molecular flexibility index (Phi) is 8.63. The lowest BCUT2D eigenvalue weighted by molar-refractivity contribution is -0.118. The van der Waals surface area contributed by atoms with Gasteiger partial charge in [0.1, 0.15) is 17.8 Å². The van der Waals surface area contributed by atoms with Crippen molar-refractivity contribution in [2.75, 3.05) is 36.9 Å². The number of aliphatic hydroxyl groups is 1.